The van der Waals surface area contributed by atoms with Crippen molar-refractivity contribution in [3.63, 3.8) is 0 Å². The van der Waals surface area contributed by atoms with Crippen LogP contribution in [-0.4, -0.2) is 4.98 Å². The normalized spacial score (nSPS) is 10.0. The van der Waals surface area contributed by atoms with Crippen molar-refractivity contribution in [1.29, 1.82) is 5.26 Å². The Morgan fingerprint density at radius 1 is 1.50 bits per heavy atom. The second kappa shape index (κ2) is 2.96. The first-order valence-corrected chi connectivity index (χ1v) is 4.02. The number of fused-ring (bicyclic) bond motifs is 1. The Balaban J connectivity index is 2.91. The van der Waals surface area contributed by atoms with Crippen LogP contribution in [0.1, 0.15) is 11.5 Å². The van der Waals surface area contributed by atoms with Crippen molar-refractivity contribution >= 4 is 10.9 Å². The highest BCUT2D eigenvalue weighted by atomic mass is 16.4. The van der Waals surface area contributed by atoms with Crippen molar-refractivity contribution in [3.05, 3.63) is 40.1 Å². The van der Waals surface area contributed by atoms with Gasteiger partial charge in [0.15, 0.2) is 5.89 Å². The summed E-state index contributed by atoms with van der Waals surface area (Å²) in [5.41, 5.74) is 0.526. The largest absolute Gasteiger partial charge is 0.408 e. The molecular formula is C10H6N2O2. The molecule has 0 fully saturated rings. The Morgan fingerprint density at radius 2 is 2.29 bits per heavy atom. The van der Waals surface area contributed by atoms with E-state index in [0.717, 1.165) is 0 Å². The Kier molecular flexibility index (Phi) is 1.79. The number of aromatic nitrogens is 1. The molecule has 0 aliphatic heterocycles. The zero-order valence-corrected chi connectivity index (χ0v) is 7.44. The van der Waals surface area contributed by atoms with Gasteiger partial charge in [0.2, 0.25) is 0 Å². The molecule has 0 saturated carbocycles. The molecule has 0 aliphatic carbocycles. The van der Waals surface area contributed by atoms with Crippen LogP contribution in [0.2, 0.25) is 0 Å². The lowest BCUT2D eigenvalue weighted by Gasteiger charge is -1.96. The van der Waals surface area contributed by atoms with E-state index in [4.69, 9.17) is 9.68 Å². The minimum absolute atomic E-state index is 0.326. The van der Waals surface area contributed by atoms with Crippen LogP contribution in [0.3, 0.4) is 0 Å². The zero-order chi connectivity index (χ0) is 10.1. The molecule has 0 radical (unpaired) electrons. The molecule has 0 atom stereocenters. The van der Waals surface area contributed by atoms with Gasteiger partial charge >= 0.3 is 5.63 Å². The van der Waals surface area contributed by atoms with Gasteiger partial charge in [-0.15, -0.1) is 0 Å². The molecule has 0 N–H and O–H groups in total. The monoisotopic (exact) mass is 186 g/mol. The van der Waals surface area contributed by atoms with E-state index in [1.165, 1.54) is 6.07 Å². The highest BCUT2D eigenvalue weighted by molar-refractivity contribution is 5.78. The summed E-state index contributed by atoms with van der Waals surface area (Å²) >= 11 is 0. The van der Waals surface area contributed by atoms with E-state index in [1.807, 2.05) is 6.07 Å². The minimum atomic E-state index is -0.454. The number of aryl methyl sites for hydroxylation is 1. The maximum Gasteiger partial charge on any atom is 0.346 e. The fraction of sp³-hybridized carbons (Fsp3) is 0.100. The van der Waals surface area contributed by atoms with Gasteiger partial charge in [-0.1, -0.05) is 0 Å². The lowest BCUT2D eigenvalue weighted by molar-refractivity contribution is 0.467. The number of hydrogen-bond acceptors (Lipinski definition) is 4. The van der Waals surface area contributed by atoms with Gasteiger partial charge in [-0.2, -0.15) is 5.26 Å². The molecule has 0 amide bonds. The summed E-state index contributed by atoms with van der Waals surface area (Å²) < 4.78 is 4.81. The van der Waals surface area contributed by atoms with Crippen molar-refractivity contribution in [2.24, 2.45) is 0 Å². The molecule has 1 aromatic heterocycles. The third-order valence-electron chi connectivity index (χ3n) is 1.86. The molecule has 0 bridgehead atoms. The van der Waals surface area contributed by atoms with E-state index in [0.29, 0.717) is 22.4 Å². The summed E-state index contributed by atoms with van der Waals surface area (Å²) in [5.74, 6) is 0.326. The van der Waals surface area contributed by atoms with Crippen molar-refractivity contribution in [2.75, 3.05) is 0 Å². The Labute approximate surface area is 79.4 Å². The van der Waals surface area contributed by atoms with Gasteiger partial charge in [0, 0.05) is 6.92 Å². The first kappa shape index (κ1) is 8.45. The first-order valence-electron chi connectivity index (χ1n) is 4.02. The Morgan fingerprint density at radius 3 is 3.00 bits per heavy atom. The molecule has 14 heavy (non-hydrogen) atoms. The molecule has 68 valence electrons. The topological polar surface area (TPSA) is 66.9 Å². The van der Waals surface area contributed by atoms with E-state index < -0.39 is 5.63 Å². The van der Waals surface area contributed by atoms with Crippen molar-refractivity contribution in [1.82, 2.24) is 4.98 Å². The van der Waals surface area contributed by atoms with Crippen LogP contribution >= 0.6 is 0 Å². The first-order chi connectivity index (χ1) is 6.70. The maximum atomic E-state index is 11.4. The minimum Gasteiger partial charge on any atom is -0.408 e. The predicted molar refractivity (Wildman–Crippen MR) is 49.7 cm³/mol. The van der Waals surface area contributed by atoms with Gasteiger partial charge in [-0.25, -0.2) is 9.78 Å². The van der Waals surface area contributed by atoms with Gasteiger partial charge in [-0.05, 0) is 18.2 Å². The molecule has 2 rings (SSSR count). The van der Waals surface area contributed by atoms with Crippen molar-refractivity contribution in [3.8, 4) is 6.07 Å². The second-order valence-electron chi connectivity index (χ2n) is 2.86. The summed E-state index contributed by atoms with van der Waals surface area (Å²) in [6.07, 6.45) is 0. The molecule has 1 heterocycles. The molecule has 0 aliphatic rings. The Bertz CT molecular complexity index is 593. The van der Waals surface area contributed by atoms with Crippen LogP contribution in [0.4, 0.5) is 0 Å². The summed E-state index contributed by atoms with van der Waals surface area (Å²) in [6, 6.07) is 6.69. The third-order valence-corrected chi connectivity index (χ3v) is 1.86. The Hall–Kier alpha value is -2.15. The molecule has 0 unspecified atom stereocenters. The number of benzene rings is 1. The number of hydrogen-bond donors (Lipinski definition) is 0. The molecule has 0 saturated heterocycles. The van der Waals surface area contributed by atoms with E-state index in [1.54, 1.807) is 19.1 Å². The van der Waals surface area contributed by atoms with E-state index in [9.17, 15) is 4.79 Å². The highest BCUT2D eigenvalue weighted by Crippen LogP contribution is 2.10. The fourth-order valence-electron chi connectivity index (χ4n) is 1.25. The molecule has 1 aromatic carbocycles. The van der Waals surface area contributed by atoms with Gasteiger partial charge < -0.3 is 4.42 Å². The zero-order valence-electron chi connectivity index (χ0n) is 7.44. The average molecular weight is 186 g/mol. The van der Waals surface area contributed by atoms with Gasteiger partial charge in [0.05, 0.1) is 22.5 Å². The van der Waals surface area contributed by atoms with Gasteiger partial charge in [0.1, 0.15) is 0 Å². The van der Waals surface area contributed by atoms with Crippen LogP contribution < -0.4 is 5.63 Å². The number of rotatable bonds is 0. The predicted octanol–water partition coefficient (Wildman–Crippen LogP) is 1.37. The summed E-state index contributed by atoms with van der Waals surface area (Å²) in [6.45, 7) is 1.61. The second-order valence-corrected chi connectivity index (χ2v) is 2.86. The summed E-state index contributed by atoms with van der Waals surface area (Å²) in [7, 11) is 0. The number of nitriles is 1. The average Bonchev–Trinajstić information content (AvgIpc) is 2.17. The summed E-state index contributed by atoms with van der Waals surface area (Å²) in [4.78, 5) is 15.4. The molecule has 4 nitrogen and oxygen atoms in total. The quantitative estimate of drug-likeness (QED) is 0.623. The fourth-order valence-corrected chi connectivity index (χ4v) is 1.25. The lowest BCUT2D eigenvalue weighted by atomic mass is 10.2. The van der Waals surface area contributed by atoms with Crippen LogP contribution in [0.15, 0.2) is 27.4 Å². The van der Waals surface area contributed by atoms with Crippen LogP contribution in [-0.2, 0) is 0 Å². The van der Waals surface area contributed by atoms with E-state index in [2.05, 4.69) is 4.98 Å². The van der Waals surface area contributed by atoms with E-state index in [-0.39, 0.29) is 0 Å². The van der Waals surface area contributed by atoms with Crippen LogP contribution in [0, 0.1) is 18.3 Å². The van der Waals surface area contributed by atoms with E-state index >= 15 is 0 Å². The van der Waals surface area contributed by atoms with Gasteiger partial charge in [0.25, 0.3) is 0 Å². The number of nitrogens with zero attached hydrogens (tertiary/aromatic N) is 2. The standard InChI is InChI=1S/C10H6N2O2/c1-6-12-9-3-2-7(5-11)4-8(9)10(13)14-6/h2-4H,1H3. The van der Waals surface area contributed by atoms with Crippen LogP contribution in [0.25, 0.3) is 10.9 Å². The summed E-state index contributed by atoms with van der Waals surface area (Å²) in [5, 5.41) is 8.98. The third kappa shape index (κ3) is 1.25. The van der Waals surface area contributed by atoms with Crippen molar-refractivity contribution in [2.45, 2.75) is 6.92 Å². The molecule has 2 aromatic rings. The highest BCUT2D eigenvalue weighted by Gasteiger charge is 2.03. The molecule has 4 heteroatoms. The molecular weight excluding hydrogens is 180 g/mol. The van der Waals surface area contributed by atoms with Crippen molar-refractivity contribution < 1.29 is 4.42 Å². The lowest BCUT2D eigenvalue weighted by Crippen LogP contribution is -2.02. The smallest absolute Gasteiger partial charge is 0.346 e. The molecule has 0 spiro atoms. The SMILES string of the molecule is Cc1nc2ccc(C#N)cc2c(=O)o1. The van der Waals surface area contributed by atoms with Gasteiger partial charge in [-0.3, -0.25) is 0 Å². The van der Waals surface area contributed by atoms with Crippen LogP contribution in [0.5, 0.6) is 0 Å². The maximum absolute atomic E-state index is 11.4.